The third kappa shape index (κ3) is 2.77. The monoisotopic (exact) mass is 194 g/mol. The zero-order valence-corrected chi connectivity index (χ0v) is 8.81. The van der Waals surface area contributed by atoms with Crippen molar-refractivity contribution in [1.29, 1.82) is 0 Å². The van der Waals surface area contributed by atoms with Crippen LogP contribution in [0.15, 0.2) is 22.9 Å². The van der Waals surface area contributed by atoms with Gasteiger partial charge in [-0.15, -0.1) is 12.6 Å². The summed E-state index contributed by atoms with van der Waals surface area (Å²) in [5.41, 5.74) is 8.42. The first-order chi connectivity index (χ1) is 6.13. The van der Waals surface area contributed by atoms with E-state index < -0.39 is 0 Å². The number of hydrogen-bond acceptors (Lipinski definition) is 3. The molecule has 0 saturated heterocycles. The summed E-state index contributed by atoms with van der Waals surface area (Å²) in [6, 6.07) is 2.01. The SMILES string of the molecule is CCc1cc(/C=C(/C)N)ncc1S. The number of nitrogens with zero attached hydrogens (tertiary/aromatic N) is 1. The molecule has 1 rings (SSSR count). The van der Waals surface area contributed by atoms with Gasteiger partial charge in [-0.25, -0.2) is 0 Å². The average molecular weight is 194 g/mol. The molecule has 3 heteroatoms. The number of allylic oxidation sites excluding steroid dienone is 1. The van der Waals surface area contributed by atoms with Crippen LogP contribution >= 0.6 is 12.6 Å². The second-order valence-electron chi connectivity index (χ2n) is 2.98. The fourth-order valence-electron chi connectivity index (χ4n) is 1.10. The maximum Gasteiger partial charge on any atom is 0.0650 e. The smallest absolute Gasteiger partial charge is 0.0650 e. The Hall–Kier alpha value is -0.960. The Morgan fingerprint density at radius 1 is 1.69 bits per heavy atom. The Labute approximate surface area is 84.3 Å². The standard InChI is InChI=1S/C10H14N2S/c1-3-8-5-9(4-7(2)11)12-6-10(8)13/h4-6,13H,3,11H2,1-2H3/b7-4-. The van der Waals surface area contributed by atoms with E-state index in [9.17, 15) is 0 Å². The molecule has 0 unspecified atom stereocenters. The summed E-state index contributed by atoms with van der Waals surface area (Å²) in [4.78, 5) is 5.13. The number of hydrogen-bond donors (Lipinski definition) is 2. The third-order valence-electron chi connectivity index (χ3n) is 1.74. The van der Waals surface area contributed by atoms with Gasteiger partial charge in [0.15, 0.2) is 0 Å². The second-order valence-corrected chi connectivity index (χ2v) is 3.46. The maximum atomic E-state index is 5.56. The second kappa shape index (κ2) is 4.33. The summed E-state index contributed by atoms with van der Waals surface area (Å²) in [6.45, 7) is 3.94. The zero-order valence-electron chi connectivity index (χ0n) is 7.91. The molecular formula is C10H14N2S. The van der Waals surface area contributed by atoms with Gasteiger partial charge < -0.3 is 5.73 Å². The lowest BCUT2D eigenvalue weighted by Gasteiger charge is -2.02. The number of aromatic nitrogens is 1. The van der Waals surface area contributed by atoms with Crippen molar-refractivity contribution in [3.63, 3.8) is 0 Å². The summed E-state index contributed by atoms with van der Waals surface area (Å²) in [5.74, 6) is 0. The van der Waals surface area contributed by atoms with Crippen LogP contribution in [0.25, 0.3) is 6.08 Å². The minimum atomic E-state index is 0.765. The molecule has 0 amide bonds. The Bertz CT molecular complexity index is 328. The van der Waals surface area contributed by atoms with E-state index in [2.05, 4.69) is 24.5 Å². The molecule has 1 aromatic rings. The van der Waals surface area contributed by atoms with Crippen molar-refractivity contribution in [2.75, 3.05) is 0 Å². The number of aryl methyl sites for hydroxylation is 1. The summed E-state index contributed by atoms with van der Waals surface area (Å²) < 4.78 is 0. The first-order valence-corrected chi connectivity index (χ1v) is 4.70. The van der Waals surface area contributed by atoms with Gasteiger partial charge in [-0.05, 0) is 31.1 Å². The summed E-state index contributed by atoms with van der Waals surface area (Å²) in [6.07, 6.45) is 4.58. The molecule has 1 aromatic heterocycles. The fraction of sp³-hybridized carbons (Fsp3) is 0.300. The number of pyridine rings is 1. The molecule has 2 nitrogen and oxygen atoms in total. The summed E-state index contributed by atoms with van der Waals surface area (Å²) >= 11 is 4.30. The Balaban J connectivity index is 3.06. The van der Waals surface area contributed by atoms with E-state index in [0.29, 0.717) is 0 Å². The normalized spacial score (nSPS) is 11.8. The van der Waals surface area contributed by atoms with E-state index in [1.807, 2.05) is 19.1 Å². The third-order valence-corrected chi connectivity index (χ3v) is 2.15. The van der Waals surface area contributed by atoms with Crippen molar-refractivity contribution < 1.29 is 0 Å². The maximum absolute atomic E-state index is 5.56. The molecule has 0 aliphatic heterocycles. The minimum Gasteiger partial charge on any atom is -0.402 e. The van der Waals surface area contributed by atoms with Crippen LogP contribution in [0.4, 0.5) is 0 Å². The predicted molar refractivity (Wildman–Crippen MR) is 58.7 cm³/mol. The molecular weight excluding hydrogens is 180 g/mol. The molecule has 0 aliphatic rings. The predicted octanol–water partition coefficient (Wildman–Crippen LogP) is 2.25. The van der Waals surface area contributed by atoms with Gasteiger partial charge >= 0.3 is 0 Å². The number of nitrogens with two attached hydrogens (primary N) is 1. The molecule has 13 heavy (non-hydrogen) atoms. The first-order valence-electron chi connectivity index (χ1n) is 4.25. The summed E-state index contributed by atoms with van der Waals surface area (Å²) in [5, 5.41) is 0. The number of thiol groups is 1. The lowest BCUT2D eigenvalue weighted by molar-refractivity contribution is 1.04. The fourth-order valence-corrected chi connectivity index (χ4v) is 1.38. The highest BCUT2D eigenvalue weighted by molar-refractivity contribution is 7.80. The van der Waals surface area contributed by atoms with Crippen LogP contribution in [-0.4, -0.2) is 4.98 Å². The molecule has 2 N–H and O–H groups in total. The first kappa shape index (κ1) is 10.1. The molecule has 70 valence electrons. The van der Waals surface area contributed by atoms with Crippen LogP contribution in [0, 0.1) is 0 Å². The Kier molecular flexibility index (Phi) is 3.37. The van der Waals surface area contributed by atoms with E-state index in [4.69, 9.17) is 5.73 Å². The van der Waals surface area contributed by atoms with Gasteiger partial charge in [0, 0.05) is 16.8 Å². The van der Waals surface area contributed by atoms with Crippen molar-refractivity contribution in [2.24, 2.45) is 5.73 Å². The molecule has 0 bridgehead atoms. The molecule has 0 aromatic carbocycles. The van der Waals surface area contributed by atoms with Gasteiger partial charge in [-0.3, -0.25) is 4.98 Å². The van der Waals surface area contributed by atoms with Gasteiger partial charge in [0.1, 0.15) is 0 Å². The lowest BCUT2D eigenvalue weighted by atomic mass is 10.2. The van der Waals surface area contributed by atoms with E-state index in [1.165, 1.54) is 5.56 Å². The van der Waals surface area contributed by atoms with Crippen LogP contribution in [0.1, 0.15) is 25.1 Å². The van der Waals surface area contributed by atoms with Crippen LogP contribution in [0.5, 0.6) is 0 Å². The highest BCUT2D eigenvalue weighted by atomic mass is 32.1. The molecule has 0 atom stereocenters. The van der Waals surface area contributed by atoms with Gasteiger partial charge in [0.2, 0.25) is 0 Å². The van der Waals surface area contributed by atoms with Crippen molar-refractivity contribution in [2.45, 2.75) is 25.2 Å². The minimum absolute atomic E-state index is 0.765. The quantitative estimate of drug-likeness (QED) is 0.709. The van der Waals surface area contributed by atoms with Gasteiger partial charge in [-0.1, -0.05) is 6.92 Å². The van der Waals surface area contributed by atoms with E-state index in [0.717, 1.165) is 22.7 Å². The average Bonchev–Trinajstić information content (AvgIpc) is 2.07. The van der Waals surface area contributed by atoms with Gasteiger partial charge in [0.25, 0.3) is 0 Å². The van der Waals surface area contributed by atoms with Crippen molar-refractivity contribution in [3.05, 3.63) is 29.2 Å². The molecule has 0 fully saturated rings. The highest BCUT2D eigenvalue weighted by Gasteiger charge is 1.98. The lowest BCUT2D eigenvalue weighted by Crippen LogP contribution is -1.93. The van der Waals surface area contributed by atoms with E-state index in [1.54, 1.807) is 6.20 Å². The largest absolute Gasteiger partial charge is 0.402 e. The van der Waals surface area contributed by atoms with Crippen molar-refractivity contribution in [1.82, 2.24) is 4.98 Å². The van der Waals surface area contributed by atoms with Crippen LogP contribution in [0.2, 0.25) is 0 Å². The number of rotatable bonds is 2. The zero-order chi connectivity index (χ0) is 9.84. The molecule has 0 spiro atoms. The van der Waals surface area contributed by atoms with E-state index >= 15 is 0 Å². The molecule has 1 heterocycles. The van der Waals surface area contributed by atoms with Crippen LogP contribution in [-0.2, 0) is 6.42 Å². The summed E-state index contributed by atoms with van der Waals surface area (Å²) in [7, 11) is 0. The molecule has 0 aliphatic carbocycles. The van der Waals surface area contributed by atoms with Crippen LogP contribution < -0.4 is 5.73 Å². The van der Waals surface area contributed by atoms with Crippen LogP contribution in [0.3, 0.4) is 0 Å². The van der Waals surface area contributed by atoms with E-state index in [-0.39, 0.29) is 0 Å². The Morgan fingerprint density at radius 2 is 2.38 bits per heavy atom. The molecule has 0 radical (unpaired) electrons. The van der Waals surface area contributed by atoms with Gasteiger partial charge in [0.05, 0.1) is 5.69 Å². The molecule has 0 saturated carbocycles. The van der Waals surface area contributed by atoms with Crippen molar-refractivity contribution in [3.8, 4) is 0 Å². The highest BCUT2D eigenvalue weighted by Crippen LogP contribution is 2.15. The van der Waals surface area contributed by atoms with Crippen molar-refractivity contribution >= 4 is 18.7 Å². The Morgan fingerprint density at radius 3 is 2.92 bits per heavy atom. The van der Waals surface area contributed by atoms with Gasteiger partial charge in [-0.2, -0.15) is 0 Å². The topological polar surface area (TPSA) is 38.9 Å².